The van der Waals surface area contributed by atoms with E-state index in [0.29, 0.717) is 30.8 Å². The van der Waals surface area contributed by atoms with E-state index in [0.717, 1.165) is 13.1 Å². The highest BCUT2D eigenvalue weighted by Crippen LogP contribution is 2.16. The molecule has 5 heteroatoms. The molecule has 0 atom stereocenters. The van der Waals surface area contributed by atoms with Crippen molar-refractivity contribution in [3.63, 3.8) is 0 Å². The van der Waals surface area contributed by atoms with Gasteiger partial charge in [-0.2, -0.15) is 0 Å². The second-order valence-corrected chi connectivity index (χ2v) is 6.29. The van der Waals surface area contributed by atoms with E-state index in [-0.39, 0.29) is 18.3 Å². The van der Waals surface area contributed by atoms with Crippen LogP contribution in [0.2, 0.25) is 0 Å². The second kappa shape index (κ2) is 8.52. The minimum atomic E-state index is -0.00794. The van der Waals surface area contributed by atoms with E-state index >= 15 is 0 Å². The van der Waals surface area contributed by atoms with Crippen LogP contribution in [0.15, 0.2) is 54.6 Å². The first kappa shape index (κ1) is 18.0. The molecular formula is C21H24N2O3. The third-order valence-corrected chi connectivity index (χ3v) is 4.61. The summed E-state index contributed by atoms with van der Waals surface area (Å²) in [6.45, 7) is 4.89. The quantitative estimate of drug-likeness (QED) is 0.750. The Morgan fingerprint density at radius 1 is 0.923 bits per heavy atom. The number of carbonyl (C=O) groups excluding carboxylic acids is 2. The molecule has 136 valence electrons. The van der Waals surface area contributed by atoms with E-state index in [4.69, 9.17) is 4.74 Å². The topological polar surface area (TPSA) is 49.9 Å². The average molecular weight is 352 g/mol. The van der Waals surface area contributed by atoms with Crippen LogP contribution in [0.5, 0.6) is 5.75 Å². The largest absolute Gasteiger partial charge is 0.484 e. The second-order valence-electron chi connectivity index (χ2n) is 6.29. The number of carbonyl (C=O) groups is 2. The van der Waals surface area contributed by atoms with Gasteiger partial charge in [0.1, 0.15) is 5.75 Å². The monoisotopic (exact) mass is 352 g/mol. The number of ether oxygens (including phenoxy) is 1. The number of anilines is 1. The SMILES string of the molecule is CCC(=O)c1ccc(OCC(=O)N2CCN(c3ccccc3)CC2)cc1. The van der Waals surface area contributed by atoms with Gasteiger partial charge in [0.05, 0.1) is 0 Å². The van der Waals surface area contributed by atoms with Crippen LogP contribution in [0.1, 0.15) is 23.7 Å². The fourth-order valence-electron chi connectivity index (χ4n) is 3.03. The van der Waals surface area contributed by atoms with Gasteiger partial charge < -0.3 is 14.5 Å². The number of hydrogen-bond donors (Lipinski definition) is 0. The van der Waals surface area contributed by atoms with Crippen LogP contribution >= 0.6 is 0 Å². The van der Waals surface area contributed by atoms with Gasteiger partial charge in [-0.25, -0.2) is 0 Å². The predicted octanol–water partition coefficient (Wildman–Crippen LogP) is 3.01. The third kappa shape index (κ3) is 4.42. The molecule has 0 aliphatic carbocycles. The van der Waals surface area contributed by atoms with Gasteiger partial charge in [-0.1, -0.05) is 25.1 Å². The minimum Gasteiger partial charge on any atom is -0.484 e. The lowest BCUT2D eigenvalue weighted by Crippen LogP contribution is -2.50. The summed E-state index contributed by atoms with van der Waals surface area (Å²) in [7, 11) is 0. The Morgan fingerprint density at radius 2 is 1.58 bits per heavy atom. The Bertz CT molecular complexity index is 736. The van der Waals surface area contributed by atoms with Crippen LogP contribution in [0.25, 0.3) is 0 Å². The summed E-state index contributed by atoms with van der Waals surface area (Å²) < 4.78 is 5.58. The number of rotatable bonds is 6. The molecule has 0 aromatic heterocycles. The molecule has 3 rings (SSSR count). The lowest BCUT2D eigenvalue weighted by molar-refractivity contribution is -0.133. The molecule has 0 unspecified atom stereocenters. The zero-order valence-corrected chi connectivity index (χ0v) is 15.1. The van der Waals surface area contributed by atoms with Crippen LogP contribution in [0.4, 0.5) is 5.69 Å². The van der Waals surface area contributed by atoms with Crippen molar-refractivity contribution in [2.75, 3.05) is 37.7 Å². The van der Waals surface area contributed by atoms with E-state index in [1.807, 2.05) is 30.0 Å². The van der Waals surface area contributed by atoms with Crippen LogP contribution in [0, 0.1) is 0 Å². The molecule has 26 heavy (non-hydrogen) atoms. The van der Waals surface area contributed by atoms with Crippen molar-refractivity contribution < 1.29 is 14.3 Å². The molecule has 1 fully saturated rings. The highest BCUT2D eigenvalue weighted by molar-refractivity contribution is 5.95. The van der Waals surface area contributed by atoms with E-state index in [9.17, 15) is 9.59 Å². The first-order valence-electron chi connectivity index (χ1n) is 9.01. The Labute approximate surface area is 154 Å². The highest BCUT2D eigenvalue weighted by atomic mass is 16.5. The lowest BCUT2D eigenvalue weighted by atomic mass is 10.1. The fourth-order valence-corrected chi connectivity index (χ4v) is 3.03. The Kier molecular flexibility index (Phi) is 5.89. The average Bonchev–Trinajstić information content (AvgIpc) is 2.72. The number of Topliss-reactive ketones (excluding diaryl/α,β-unsaturated/α-hetero) is 1. The lowest BCUT2D eigenvalue weighted by Gasteiger charge is -2.36. The molecule has 5 nitrogen and oxygen atoms in total. The van der Waals surface area contributed by atoms with Gasteiger partial charge in [-0.05, 0) is 36.4 Å². The Morgan fingerprint density at radius 3 is 2.19 bits per heavy atom. The summed E-state index contributed by atoms with van der Waals surface area (Å²) in [5.41, 5.74) is 1.86. The standard InChI is InChI=1S/C21H24N2O3/c1-2-20(24)17-8-10-19(11-9-17)26-16-21(25)23-14-12-22(13-15-23)18-6-4-3-5-7-18/h3-11H,2,12-16H2,1H3. The van der Waals surface area contributed by atoms with Crippen molar-refractivity contribution >= 4 is 17.4 Å². The molecule has 1 saturated heterocycles. The first-order valence-corrected chi connectivity index (χ1v) is 9.01. The third-order valence-electron chi connectivity index (χ3n) is 4.61. The number of nitrogens with zero attached hydrogens (tertiary/aromatic N) is 2. The Hall–Kier alpha value is -2.82. The van der Waals surface area contributed by atoms with Crippen LogP contribution in [-0.2, 0) is 4.79 Å². The zero-order chi connectivity index (χ0) is 18.4. The smallest absolute Gasteiger partial charge is 0.260 e. The van der Waals surface area contributed by atoms with Crippen molar-refractivity contribution in [2.45, 2.75) is 13.3 Å². The van der Waals surface area contributed by atoms with Crippen molar-refractivity contribution in [1.82, 2.24) is 4.90 Å². The molecule has 1 aliphatic rings. The van der Waals surface area contributed by atoms with Gasteiger partial charge in [-0.3, -0.25) is 9.59 Å². The molecule has 0 radical (unpaired) electrons. The van der Waals surface area contributed by atoms with Crippen molar-refractivity contribution in [2.24, 2.45) is 0 Å². The molecule has 1 aliphatic heterocycles. The molecule has 0 bridgehead atoms. The molecule has 0 saturated carbocycles. The van der Waals surface area contributed by atoms with E-state index in [1.54, 1.807) is 24.3 Å². The summed E-state index contributed by atoms with van der Waals surface area (Å²) in [6, 6.07) is 17.2. The van der Waals surface area contributed by atoms with Gasteiger partial charge in [0, 0.05) is 43.9 Å². The number of hydrogen-bond acceptors (Lipinski definition) is 4. The van der Waals surface area contributed by atoms with Gasteiger partial charge in [-0.15, -0.1) is 0 Å². The first-order chi connectivity index (χ1) is 12.7. The number of benzene rings is 2. The van der Waals surface area contributed by atoms with Crippen LogP contribution in [-0.4, -0.2) is 49.4 Å². The zero-order valence-electron chi connectivity index (χ0n) is 15.1. The molecule has 2 aromatic rings. The molecule has 0 spiro atoms. The predicted molar refractivity (Wildman–Crippen MR) is 102 cm³/mol. The maximum Gasteiger partial charge on any atom is 0.260 e. The van der Waals surface area contributed by atoms with Gasteiger partial charge in [0.2, 0.25) is 0 Å². The molecule has 1 amide bonds. The molecular weight excluding hydrogens is 328 g/mol. The van der Waals surface area contributed by atoms with Crippen molar-refractivity contribution in [3.05, 3.63) is 60.2 Å². The summed E-state index contributed by atoms with van der Waals surface area (Å²) in [5, 5.41) is 0. The van der Waals surface area contributed by atoms with Gasteiger partial charge in [0.25, 0.3) is 5.91 Å². The number of piperazine rings is 1. The Balaban J connectivity index is 1.46. The maximum atomic E-state index is 12.4. The molecule has 0 N–H and O–H groups in total. The van der Waals surface area contributed by atoms with Gasteiger partial charge in [0.15, 0.2) is 12.4 Å². The van der Waals surface area contributed by atoms with Crippen LogP contribution < -0.4 is 9.64 Å². The fraction of sp³-hybridized carbons (Fsp3) is 0.333. The maximum absolute atomic E-state index is 12.4. The van der Waals surface area contributed by atoms with Crippen LogP contribution in [0.3, 0.4) is 0 Å². The summed E-state index contributed by atoms with van der Waals surface area (Å²) in [4.78, 5) is 28.1. The van der Waals surface area contributed by atoms with Crippen molar-refractivity contribution in [3.8, 4) is 5.75 Å². The van der Waals surface area contributed by atoms with E-state index < -0.39 is 0 Å². The summed E-state index contributed by atoms with van der Waals surface area (Å²) in [6.07, 6.45) is 0.480. The molecule has 2 aromatic carbocycles. The minimum absolute atomic E-state index is 0.00794. The normalized spacial score (nSPS) is 14.2. The molecule has 1 heterocycles. The summed E-state index contributed by atoms with van der Waals surface area (Å²) in [5.74, 6) is 0.698. The van der Waals surface area contributed by atoms with Crippen molar-refractivity contribution in [1.29, 1.82) is 0 Å². The van der Waals surface area contributed by atoms with E-state index in [1.165, 1.54) is 5.69 Å². The number of para-hydroxylation sites is 1. The number of ketones is 1. The summed E-state index contributed by atoms with van der Waals surface area (Å²) >= 11 is 0. The highest BCUT2D eigenvalue weighted by Gasteiger charge is 2.21. The number of amides is 1. The van der Waals surface area contributed by atoms with Gasteiger partial charge >= 0.3 is 0 Å². The van der Waals surface area contributed by atoms with E-state index in [2.05, 4.69) is 17.0 Å².